The summed E-state index contributed by atoms with van der Waals surface area (Å²) in [7, 11) is 0. The second kappa shape index (κ2) is 7.08. The van der Waals surface area contributed by atoms with Gasteiger partial charge in [-0.25, -0.2) is 4.79 Å². The lowest BCUT2D eigenvalue weighted by atomic mass is 9.92. The molecule has 1 aromatic carbocycles. The van der Waals surface area contributed by atoms with E-state index in [9.17, 15) is 23.1 Å². The third-order valence-corrected chi connectivity index (χ3v) is 3.83. The Hall–Kier alpha value is -1.96. The van der Waals surface area contributed by atoms with Crippen molar-refractivity contribution in [2.75, 3.05) is 18.4 Å². The Morgan fingerprint density at radius 3 is 2.61 bits per heavy atom. The molecule has 23 heavy (non-hydrogen) atoms. The lowest BCUT2D eigenvalue weighted by Gasteiger charge is -2.33. The van der Waals surface area contributed by atoms with Crippen LogP contribution in [-0.2, 0) is 0 Å². The van der Waals surface area contributed by atoms with E-state index in [0.29, 0.717) is 25.9 Å². The number of halogens is 3. The minimum atomic E-state index is -4.77. The quantitative estimate of drug-likeness (QED) is 0.893. The van der Waals surface area contributed by atoms with Crippen LogP contribution in [0.25, 0.3) is 0 Å². The summed E-state index contributed by atoms with van der Waals surface area (Å²) in [5, 5.41) is 12.1. The fourth-order valence-corrected chi connectivity index (χ4v) is 2.56. The van der Waals surface area contributed by atoms with E-state index < -0.39 is 12.5 Å². The Morgan fingerprint density at radius 2 is 2.04 bits per heavy atom. The van der Waals surface area contributed by atoms with Gasteiger partial charge in [-0.3, -0.25) is 0 Å². The topological polar surface area (TPSA) is 61.8 Å². The first kappa shape index (κ1) is 17.4. The molecule has 0 aromatic heterocycles. The van der Waals surface area contributed by atoms with E-state index in [1.807, 2.05) is 0 Å². The predicted octanol–water partition coefficient (Wildman–Crippen LogP) is 3.21. The molecule has 1 aliphatic rings. The third kappa shape index (κ3) is 5.31. The van der Waals surface area contributed by atoms with Gasteiger partial charge >= 0.3 is 12.4 Å². The minimum Gasteiger partial charge on any atom is -0.406 e. The summed E-state index contributed by atoms with van der Waals surface area (Å²) in [6, 6.07) is 4.77. The van der Waals surface area contributed by atoms with Gasteiger partial charge in [0.05, 0.1) is 6.10 Å². The van der Waals surface area contributed by atoms with E-state index in [1.54, 1.807) is 11.8 Å². The zero-order valence-corrected chi connectivity index (χ0v) is 12.6. The van der Waals surface area contributed by atoms with Crippen LogP contribution in [0.4, 0.5) is 23.7 Å². The maximum Gasteiger partial charge on any atom is 0.573 e. The van der Waals surface area contributed by atoms with Gasteiger partial charge in [-0.2, -0.15) is 0 Å². The first-order valence-electron chi connectivity index (χ1n) is 7.34. The summed E-state index contributed by atoms with van der Waals surface area (Å²) >= 11 is 0. The zero-order chi connectivity index (χ0) is 17.0. The highest BCUT2D eigenvalue weighted by Crippen LogP contribution is 2.26. The number of ether oxygens (including phenoxy) is 1. The summed E-state index contributed by atoms with van der Waals surface area (Å²) in [4.78, 5) is 13.7. The van der Waals surface area contributed by atoms with Crippen LogP contribution in [0, 0.1) is 5.92 Å². The molecular formula is C15H19F3N2O3. The van der Waals surface area contributed by atoms with Crippen LogP contribution in [0.2, 0.25) is 0 Å². The SMILES string of the molecule is CC(O)C1CCN(C(=O)Nc2cccc(OC(F)(F)F)c2)CC1. The van der Waals surface area contributed by atoms with Crippen LogP contribution >= 0.6 is 0 Å². The van der Waals surface area contributed by atoms with Crippen molar-refractivity contribution in [1.82, 2.24) is 4.90 Å². The summed E-state index contributed by atoms with van der Waals surface area (Å²) in [6.45, 7) is 2.73. The summed E-state index contributed by atoms with van der Waals surface area (Å²) in [5.41, 5.74) is 0.231. The van der Waals surface area contributed by atoms with Crippen LogP contribution in [-0.4, -0.2) is 41.6 Å². The van der Waals surface area contributed by atoms with Gasteiger partial charge in [-0.05, 0) is 37.8 Å². The molecular weight excluding hydrogens is 313 g/mol. The highest BCUT2D eigenvalue weighted by atomic mass is 19.4. The van der Waals surface area contributed by atoms with Gasteiger partial charge in [-0.1, -0.05) is 6.07 Å². The summed E-state index contributed by atoms with van der Waals surface area (Å²) < 4.78 is 40.4. The van der Waals surface area contributed by atoms with Gasteiger partial charge in [0.25, 0.3) is 0 Å². The molecule has 0 spiro atoms. The molecule has 2 N–H and O–H groups in total. The number of amides is 2. The molecule has 2 amide bonds. The van der Waals surface area contributed by atoms with Crippen molar-refractivity contribution >= 4 is 11.7 Å². The molecule has 1 aliphatic heterocycles. The molecule has 1 atom stereocenters. The number of aliphatic hydroxyl groups is 1. The maximum atomic E-state index is 12.2. The Kier molecular flexibility index (Phi) is 5.35. The van der Waals surface area contributed by atoms with Crippen molar-refractivity contribution in [3.63, 3.8) is 0 Å². The van der Waals surface area contributed by atoms with Gasteiger partial charge in [0.1, 0.15) is 5.75 Å². The van der Waals surface area contributed by atoms with Crippen molar-refractivity contribution < 1.29 is 27.8 Å². The number of carbonyl (C=O) groups excluding carboxylic acids is 1. The Bertz CT molecular complexity index is 541. The lowest BCUT2D eigenvalue weighted by Crippen LogP contribution is -2.42. The first-order chi connectivity index (χ1) is 10.7. The third-order valence-electron chi connectivity index (χ3n) is 3.83. The standard InChI is InChI=1S/C15H19F3N2O3/c1-10(21)11-5-7-20(8-6-11)14(22)19-12-3-2-4-13(9-12)23-15(16,17)18/h2-4,9-11,21H,5-8H2,1H3,(H,19,22). The monoisotopic (exact) mass is 332 g/mol. The highest BCUT2D eigenvalue weighted by molar-refractivity contribution is 5.89. The fourth-order valence-electron chi connectivity index (χ4n) is 2.56. The average Bonchev–Trinajstić information content (AvgIpc) is 2.46. The number of hydrogen-bond acceptors (Lipinski definition) is 3. The number of aliphatic hydroxyl groups excluding tert-OH is 1. The number of likely N-dealkylation sites (tertiary alicyclic amines) is 1. The smallest absolute Gasteiger partial charge is 0.406 e. The number of urea groups is 1. The fraction of sp³-hybridized carbons (Fsp3) is 0.533. The number of piperidine rings is 1. The van der Waals surface area contributed by atoms with Gasteiger partial charge in [0, 0.05) is 24.8 Å². The number of hydrogen-bond donors (Lipinski definition) is 2. The number of alkyl halides is 3. The summed E-state index contributed by atoms with van der Waals surface area (Å²) in [5.74, 6) is -0.217. The number of anilines is 1. The van der Waals surface area contributed by atoms with E-state index >= 15 is 0 Å². The summed E-state index contributed by atoms with van der Waals surface area (Å²) in [6.07, 6.45) is -3.78. The largest absolute Gasteiger partial charge is 0.573 e. The second-order valence-electron chi connectivity index (χ2n) is 5.57. The second-order valence-corrected chi connectivity index (χ2v) is 5.57. The molecule has 2 rings (SSSR count). The molecule has 0 aliphatic carbocycles. The van der Waals surface area contributed by atoms with Gasteiger partial charge in [-0.15, -0.1) is 13.2 Å². The van der Waals surface area contributed by atoms with E-state index in [1.165, 1.54) is 12.1 Å². The minimum absolute atomic E-state index is 0.169. The number of benzene rings is 1. The van der Waals surface area contributed by atoms with Crippen LogP contribution in [0.15, 0.2) is 24.3 Å². The first-order valence-corrected chi connectivity index (χ1v) is 7.34. The molecule has 1 fully saturated rings. The predicted molar refractivity (Wildman–Crippen MR) is 78.1 cm³/mol. The lowest BCUT2D eigenvalue weighted by molar-refractivity contribution is -0.274. The molecule has 0 bridgehead atoms. The number of rotatable bonds is 3. The van der Waals surface area contributed by atoms with Crippen molar-refractivity contribution in [3.05, 3.63) is 24.3 Å². The Labute approximate surface area is 132 Å². The molecule has 1 aromatic rings. The van der Waals surface area contributed by atoms with Crippen molar-refractivity contribution in [2.24, 2.45) is 5.92 Å². The van der Waals surface area contributed by atoms with E-state index in [-0.39, 0.29) is 23.4 Å². The Balaban J connectivity index is 1.92. The molecule has 1 unspecified atom stereocenters. The molecule has 8 heteroatoms. The number of nitrogens with zero attached hydrogens (tertiary/aromatic N) is 1. The zero-order valence-electron chi connectivity index (χ0n) is 12.6. The van der Waals surface area contributed by atoms with E-state index in [0.717, 1.165) is 12.1 Å². The molecule has 128 valence electrons. The van der Waals surface area contributed by atoms with Crippen LogP contribution in [0.5, 0.6) is 5.75 Å². The van der Waals surface area contributed by atoms with Crippen LogP contribution in [0.3, 0.4) is 0 Å². The van der Waals surface area contributed by atoms with E-state index in [2.05, 4.69) is 10.1 Å². The average molecular weight is 332 g/mol. The van der Waals surface area contributed by atoms with Gasteiger partial charge in [0.15, 0.2) is 0 Å². The van der Waals surface area contributed by atoms with Crippen LogP contribution in [0.1, 0.15) is 19.8 Å². The van der Waals surface area contributed by atoms with Crippen molar-refractivity contribution in [1.29, 1.82) is 0 Å². The van der Waals surface area contributed by atoms with Gasteiger partial charge < -0.3 is 20.1 Å². The molecule has 1 heterocycles. The van der Waals surface area contributed by atoms with Crippen molar-refractivity contribution in [3.8, 4) is 5.75 Å². The maximum absolute atomic E-state index is 12.2. The molecule has 1 saturated heterocycles. The molecule has 0 saturated carbocycles. The molecule has 0 radical (unpaired) electrons. The normalized spacial score (nSPS) is 17.7. The number of nitrogens with one attached hydrogen (secondary N) is 1. The van der Waals surface area contributed by atoms with E-state index in [4.69, 9.17) is 0 Å². The molecule has 5 nitrogen and oxygen atoms in total. The Morgan fingerprint density at radius 1 is 1.39 bits per heavy atom. The van der Waals surface area contributed by atoms with Gasteiger partial charge in [0.2, 0.25) is 0 Å². The van der Waals surface area contributed by atoms with Crippen LogP contribution < -0.4 is 10.1 Å². The highest BCUT2D eigenvalue weighted by Gasteiger charge is 2.31. The number of carbonyl (C=O) groups is 1. The van der Waals surface area contributed by atoms with Crippen molar-refractivity contribution in [2.45, 2.75) is 32.2 Å².